The highest BCUT2D eigenvalue weighted by atomic mass is 32.2. The molecule has 1 aliphatic rings. The second kappa shape index (κ2) is 5.95. The van der Waals surface area contributed by atoms with Crippen molar-refractivity contribution in [3.05, 3.63) is 23.8 Å². The van der Waals surface area contributed by atoms with Crippen LogP contribution < -0.4 is 15.4 Å². The van der Waals surface area contributed by atoms with Crippen LogP contribution in [-0.2, 0) is 0 Å². The van der Waals surface area contributed by atoms with Crippen LogP contribution in [0.25, 0.3) is 0 Å². The maximum Gasteiger partial charge on any atom is 0.124 e. The zero-order chi connectivity index (χ0) is 14.8. The minimum Gasteiger partial charge on any atom is -0.497 e. The number of nitrogens with one attached hydrogen (secondary N) is 1. The van der Waals surface area contributed by atoms with Gasteiger partial charge in [-0.05, 0) is 18.6 Å². The Labute approximate surface area is 125 Å². The van der Waals surface area contributed by atoms with E-state index < -0.39 is 0 Å². The first-order valence-electron chi connectivity index (χ1n) is 6.84. The van der Waals surface area contributed by atoms with E-state index in [1.165, 1.54) is 0 Å². The Kier molecular flexibility index (Phi) is 4.48. The molecule has 1 heterocycles. The van der Waals surface area contributed by atoms with E-state index in [9.17, 15) is 0 Å². The third-order valence-corrected chi connectivity index (χ3v) is 5.05. The van der Waals surface area contributed by atoms with Crippen molar-refractivity contribution in [1.29, 1.82) is 5.41 Å². The topological polar surface area (TPSA) is 62.3 Å². The first kappa shape index (κ1) is 15.0. The average molecular weight is 293 g/mol. The molecule has 0 bridgehead atoms. The first-order valence-corrected chi connectivity index (χ1v) is 7.83. The Hall–Kier alpha value is -1.36. The van der Waals surface area contributed by atoms with Crippen molar-refractivity contribution in [1.82, 2.24) is 0 Å². The molecular formula is C15H23N3OS. The van der Waals surface area contributed by atoms with Gasteiger partial charge in [0.15, 0.2) is 0 Å². The van der Waals surface area contributed by atoms with E-state index in [1.807, 2.05) is 30.0 Å². The number of thioether (sulfide) groups is 1. The smallest absolute Gasteiger partial charge is 0.124 e. The van der Waals surface area contributed by atoms with E-state index >= 15 is 0 Å². The number of ether oxygens (including phenoxy) is 1. The molecule has 4 nitrogen and oxygen atoms in total. The predicted octanol–water partition coefficient (Wildman–Crippen LogP) is 2.70. The fourth-order valence-corrected chi connectivity index (χ4v) is 3.49. The Morgan fingerprint density at radius 2 is 2.15 bits per heavy atom. The van der Waals surface area contributed by atoms with Crippen molar-refractivity contribution in [3.8, 4) is 5.75 Å². The molecule has 1 aromatic carbocycles. The van der Waals surface area contributed by atoms with Gasteiger partial charge in [0.25, 0.3) is 0 Å². The van der Waals surface area contributed by atoms with Crippen LogP contribution in [0.5, 0.6) is 5.75 Å². The van der Waals surface area contributed by atoms with Gasteiger partial charge in [-0.3, -0.25) is 5.41 Å². The minimum absolute atomic E-state index is 0.110. The minimum atomic E-state index is 0.110. The molecule has 20 heavy (non-hydrogen) atoms. The van der Waals surface area contributed by atoms with Crippen LogP contribution in [0.1, 0.15) is 25.8 Å². The first-order chi connectivity index (χ1) is 9.43. The Balaban J connectivity index is 2.32. The molecule has 0 radical (unpaired) electrons. The molecule has 1 fully saturated rings. The molecule has 0 spiro atoms. The number of hydrogen-bond acceptors (Lipinski definition) is 4. The van der Waals surface area contributed by atoms with Gasteiger partial charge < -0.3 is 15.4 Å². The number of amidine groups is 1. The molecule has 0 aliphatic carbocycles. The van der Waals surface area contributed by atoms with Gasteiger partial charge in [0.2, 0.25) is 0 Å². The monoisotopic (exact) mass is 293 g/mol. The van der Waals surface area contributed by atoms with Crippen molar-refractivity contribution < 1.29 is 4.74 Å². The van der Waals surface area contributed by atoms with Crippen molar-refractivity contribution >= 4 is 23.3 Å². The van der Waals surface area contributed by atoms with Gasteiger partial charge in [-0.1, -0.05) is 13.8 Å². The molecule has 0 saturated carbocycles. The van der Waals surface area contributed by atoms with Crippen LogP contribution in [-0.4, -0.2) is 36.5 Å². The molecule has 0 unspecified atom stereocenters. The summed E-state index contributed by atoms with van der Waals surface area (Å²) in [5, 5.41) is 7.76. The number of rotatable bonds is 3. The van der Waals surface area contributed by atoms with Crippen LogP contribution in [0, 0.1) is 5.41 Å². The number of nitrogen functional groups attached to an aromatic ring is 1. The normalized spacial score (nSPS) is 18.4. The molecule has 0 aromatic heterocycles. The maximum atomic E-state index is 7.76. The zero-order valence-electron chi connectivity index (χ0n) is 12.4. The number of methoxy groups -OCH3 is 1. The molecular weight excluding hydrogens is 270 g/mol. The second-order valence-electron chi connectivity index (χ2n) is 5.64. The summed E-state index contributed by atoms with van der Waals surface area (Å²) in [7, 11) is 1.66. The maximum absolute atomic E-state index is 7.76. The van der Waals surface area contributed by atoms with Gasteiger partial charge in [0, 0.05) is 35.2 Å². The molecule has 2 rings (SSSR count). The van der Waals surface area contributed by atoms with Crippen LogP contribution >= 0.6 is 11.8 Å². The molecule has 1 aliphatic heterocycles. The Bertz CT molecular complexity index is 502. The van der Waals surface area contributed by atoms with Crippen molar-refractivity contribution in [2.75, 3.05) is 30.9 Å². The van der Waals surface area contributed by atoms with Gasteiger partial charge in [-0.2, -0.15) is 11.8 Å². The van der Waals surface area contributed by atoms with Crippen LogP contribution in [0.15, 0.2) is 18.2 Å². The fourth-order valence-electron chi connectivity index (χ4n) is 2.39. The van der Waals surface area contributed by atoms with Crippen LogP contribution in [0.3, 0.4) is 0 Å². The highest BCUT2D eigenvalue weighted by Gasteiger charge is 2.25. The molecule has 0 atom stereocenters. The van der Waals surface area contributed by atoms with Crippen molar-refractivity contribution in [2.24, 2.45) is 5.73 Å². The highest BCUT2D eigenvalue weighted by Crippen LogP contribution is 2.34. The number of nitrogens with zero attached hydrogens (tertiary/aromatic N) is 1. The fraction of sp³-hybridized carbons (Fsp3) is 0.533. The van der Waals surface area contributed by atoms with Gasteiger partial charge in [-0.15, -0.1) is 0 Å². The predicted molar refractivity (Wildman–Crippen MR) is 87.4 cm³/mol. The van der Waals surface area contributed by atoms with Crippen molar-refractivity contribution in [3.63, 3.8) is 0 Å². The lowest BCUT2D eigenvalue weighted by Crippen LogP contribution is -2.29. The Morgan fingerprint density at radius 3 is 2.80 bits per heavy atom. The molecule has 0 amide bonds. The lowest BCUT2D eigenvalue weighted by Gasteiger charge is -2.26. The molecule has 110 valence electrons. The van der Waals surface area contributed by atoms with Gasteiger partial charge >= 0.3 is 0 Å². The van der Waals surface area contributed by atoms with E-state index in [1.54, 1.807) is 7.11 Å². The molecule has 5 heteroatoms. The van der Waals surface area contributed by atoms with Crippen LogP contribution in [0.2, 0.25) is 0 Å². The highest BCUT2D eigenvalue weighted by molar-refractivity contribution is 8.00. The SMILES string of the molecule is COc1ccc(C(=N)N)c(N2CCSC(C)(C)CC2)c1. The summed E-state index contributed by atoms with van der Waals surface area (Å²) in [5.41, 5.74) is 7.51. The van der Waals surface area contributed by atoms with E-state index in [0.717, 1.165) is 42.3 Å². The summed E-state index contributed by atoms with van der Waals surface area (Å²) in [6.07, 6.45) is 1.12. The Morgan fingerprint density at radius 1 is 1.40 bits per heavy atom. The quantitative estimate of drug-likeness (QED) is 0.664. The summed E-state index contributed by atoms with van der Waals surface area (Å²) in [4.78, 5) is 2.32. The zero-order valence-corrected chi connectivity index (χ0v) is 13.2. The largest absolute Gasteiger partial charge is 0.497 e. The number of hydrogen-bond donors (Lipinski definition) is 2. The number of benzene rings is 1. The average Bonchev–Trinajstić information content (AvgIpc) is 2.58. The molecule has 1 saturated heterocycles. The molecule has 1 aromatic rings. The summed E-state index contributed by atoms with van der Waals surface area (Å²) < 4.78 is 5.62. The van der Waals surface area contributed by atoms with Gasteiger partial charge in [0.1, 0.15) is 11.6 Å². The number of anilines is 1. The van der Waals surface area contributed by atoms with E-state index in [-0.39, 0.29) is 5.84 Å². The summed E-state index contributed by atoms with van der Waals surface area (Å²) in [6.45, 7) is 6.53. The van der Waals surface area contributed by atoms with Gasteiger partial charge in [-0.25, -0.2) is 0 Å². The van der Waals surface area contributed by atoms with E-state index in [4.69, 9.17) is 15.9 Å². The lowest BCUT2D eigenvalue weighted by atomic mass is 10.1. The third kappa shape index (κ3) is 3.39. The second-order valence-corrected chi connectivity index (χ2v) is 7.44. The third-order valence-electron chi connectivity index (χ3n) is 3.67. The van der Waals surface area contributed by atoms with E-state index in [0.29, 0.717) is 4.75 Å². The van der Waals surface area contributed by atoms with Crippen LogP contribution in [0.4, 0.5) is 5.69 Å². The van der Waals surface area contributed by atoms with E-state index in [2.05, 4.69) is 18.7 Å². The lowest BCUT2D eigenvalue weighted by molar-refractivity contribution is 0.414. The number of nitrogens with two attached hydrogens (primary N) is 1. The summed E-state index contributed by atoms with van der Waals surface area (Å²) in [5.74, 6) is 2.00. The van der Waals surface area contributed by atoms with Crippen molar-refractivity contribution in [2.45, 2.75) is 25.0 Å². The summed E-state index contributed by atoms with van der Waals surface area (Å²) >= 11 is 2.01. The molecule has 3 N–H and O–H groups in total. The summed E-state index contributed by atoms with van der Waals surface area (Å²) in [6, 6.07) is 5.72. The standard InChI is InChI=1S/C15H23N3OS/c1-15(2)6-7-18(8-9-20-15)13-10-11(19-3)4-5-12(13)14(16)17/h4-5,10H,6-9H2,1-3H3,(H3,16,17). The van der Waals surface area contributed by atoms with Gasteiger partial charge in [0.05, 0.1) is 12.8 Å².